The second kappa shape index (κ2) is 5.48. The van der Waals surface area contributed by atoms with Crippen LogP contribution >= 0.6 is 22.6 Å². The maximum absolute atomic E-state index is 11.6. The first-order valence-electron chi connectivity index (χ1n) is 5.08. The molecule has 1 aromatic rings. The first-order chi connectivity index (χ1) is 7.80. The molecule has 0 radical (unpaired) electrons. The Morgan fingerprint density at radius 1 is 1.29 bits per heavy atom. The van der Waals surface area contributed by atoms with E-state index in [0.717, 1.165) is 3.57 Å². The minimum atomic E-state index is -0.640. The maximum Gasteiger partial charge on any atom is 0.337 e. The molecule has 1 rings (SSSR count). The van der Waals surface area contributed by atoms with E-state index in [2.05, 4.69) is 28.1 Å². The smallest absolute Gasteiger partial charge is 0.337 e. The molecule has 92 valence electrons. The van der Waals surface area contributed by atoms with Crippen molar-refractivity contribution in [1.29, 1.82) is 0 Å². The second-order valence-electron chi connectivity index (χ2n) is 4.58. The average Bonchev–Trinajstić information content (AvgIpc) is 2.24. The zero-order chi connectivity index (χ0) is 13.1. The van der Waals surface area contributed by atoms with Crippen LogP contribution in [0.25, 0.3) is 0 Å². The molecule has 1 amide bonds. The first kappa shape index (κ1) is 14.0. The Morgan fingerprint density at radius 3 is 2.47 bits per heavy atom. The van der Waals surface area contributed by atoms with Crippen LogP contribution in [-0.2, 0) is 9.63 Å². The summed E-state index contributed by atoms with van der Waals surface area (Å²) < 4.78 is 0.942. The number of benzene rings is 1. The minimum Gasteiger partial charge on any atom is -0.340 e. The molecular formula is C12H14INO3. The van der Waals surface area contributed by atoms with Gasteiger partial charge in [0.25, 0.3) is 5.91 Å². The number of amides is 1. The topological polar surface area (TPSA) is 55.4 Å². The number of hydroxylamine groups is 1. The summed E-state index contributed by atoms with van der Waals surface area (Å²) >= 11 is 2.11. The maximum atomic E-state index is 11.6. The van der Waals surface area contributed by atoms with Gasteiger partial charge in [-0.15, -0.1) is 0 Å². The van der Waals surface area contributed by atoms with Crippen molar-refractivity contribution >= 4 is 34.5 Å². The van der Waals surface area contributed by atoms with E-state index >= 15 is 0 Å². The van der Waals surface area contributed by atoms with Crippen LogP contribution in [0.4, 0.5) is 0 Å². The third-order valence-electron chi connectivity index (χ3n) is 1.94. The summed E-state index contributed by atoms with van der Waals surface area (Å²) in [5, 5.41) is 0. The van der Waals surface area contributed by atoms with Crippen molar-refractivity contribution in [3.63, 3.8) is 0 Å². The van der Waals surface area contributed by atoms with Gasteiger partial charge in [-0.1, -0.05) is 6.07 Å². The molecule has 0 aliphatic carbocycles. The Hall–Kier alpha value is -1.11. The van der Waals surface area contributed by atoms with Crippen LogP contribution in [-0.4, -0.2) is 11.9 Å². The van der Waals surface area contributed by atoms with Crippen LogP contribution in [0.5, 0.6) is 0 Å². The quantitative estimate of drug-likeness (QED) is 0.628. The van der Waals surface area contributed by atoms with Crippen molar-refractivity contribution < 1.29 is 14.4 Å². The minimum absolute atomic E-state index is 0.430. The van der Waals surface area contributed by atoms with E-state index in [4.69, 9.17) is 4.84 Å². The fourth-order valence-corrected chi connectivity index (χ4v) is 1.48. The lowest BCUT2D eigenvalue weighted by molar-refractivity contribution is -0.158. The number of rotatable bonds is 1. The fraction of sp³-hybridized carbons (Fsp3) is 0.333. The predicted molar refractivity (Wildman–Crippen MR) is 72.2 cm³/mol. The summed E-state index contributed by atoms with van der Waals surface area (Å²) in [6.07, 6.45) is 0. The van der Waals surface area contributed by atoms with E-state index < -0.39 is 17.3 Å². The van der Waals surface area contributed by atoms with Crippen molar-refractivity contribution in [2.45, 2.75) is 20.8 Å². The Labute approximate surface area is 114 Å². The van der Waals surface area contributed by atoms with Gasteiger partial charge < -0.3 is 4.84 Å². The zero-order valence-electron chi connectivity index (χ0n) is 9.91. The van der Waals surface area contributed by atoms with Gasteiger partial charge in [0, 0.05) is 9.13 Å². The molecule has 0 fully saturated rings. The number of halogens is 1. The highest BCUT2D eigenvalue weighted by atomic mass is 127. The molecule has 0 unspecified atom stereocenters. The van der Waals surface area contributed by atoms with Crippen LogP contribution in [0.2, 0.25) is 0 Å². The van der Waals surface area contributed by atoms with Gasteiger partial charge in [0.1, 0.15) is 0 Å². The van der Waals surface area contributed by atoms with Crippen molar-refractivity contribution in [1.82, 2.24) is 5.48 Å². The predicted octanol–water partition coefficient (Wildman–Crippen LogP) is 2.53. The van der Waals surface area contributed by atoms with Crippen molar-refractivity contribution in [3.05, 3.63) is 33.4 Å². The second-order valence-corrected chi connectivity index (χ2v) is 5.83. The molecule has 4 nitrogen and oxygen atoms in total. The molecule has 0 saturated heterocycles. The fourth-order valence-electron chi connectivity index (χ4n) is 0.934. The van der Waals surface area contributed by atoms with Gasteiger partial charge in [-0.05, 0) is 61.6 Å². The van der Waals surface area contributed by atoms with Crippen LogP contribution in [0, 0.1) is 8.99 Å². The lowest BCUT2D eigenvalue weighted by atomic mass is 9.98. The molecule has 0 atom stereocenters. The molecule has 0 aliphatic heterocycles. The summed E-state index contributed by atoms with van der Waals surface area (Å²) in [4.78, 5) is 27.8. The van der Waals surface area contributed by atoms with Gasteiger partial charge in [0.05, 0.1) is 5.41 Å². The molecule has 0 spiro atoms. The van der Waals surface area contributed by atoms with E-state index in [0.29, 0.717) is 5.56 Å². The van der Waals surface area contributed by atoms with Crippen molar-refractivity contribution in [3.8, 4) is 0 Å². The Balaban J connectivity index is 2.60. The lowest BCUT2D eigenvalue weighted by Crippen LogP contribution is -2.33. The Morgan fingerprint density at radius 2 is 1.94 bits per heavy atom. The highest BCUT2D eigenvalue weighted by Crippen LogP contribution is 2.14. The SMILES string of the molecule is CC(C)(C)C(=O)ONC(=O)c1cccc(I)c1. The number of hydrogen-bond donors (Lipinski definition) is 1. The van der Waals surface area contributed by atoms with E-state index in [1.165, 1.54) is 0 Å². The van der Waals surface area contributed by atoms with Gasteiger partial charge in [-0.25, -0.2) is 4.79 Å². The molecule has 1 aromatic carbocycles. The zero-order valence-corrected chi connectivity index (χ0v) is 12.1. The van der Waals surface area contributed by atoms with E-state index in [1.807, 2.05) is 6.07 Å². The molecule has 0 aromatic heterocycles. The highest BCUT2D eigenvalue weighted by molar-refractivity contribution is 14.1. The molecule has 0 heterocycles. The standard InChI is InChI=1S/C12H14INO3/c1-12(2,3)11(16)17-14-10(15)8-5-4-6-9(13)7-8/h4-7H,1-3H3,(H,14,15). The normalized spacial score (nSPS) is 10.8. The largest absolute Gasteiger partial charge is 0.340 e. The molecule has 0 saturated carbocycles. The molecule has 0 aliphatic rings. The summed E-state index contributed by atoms with van der Waals surface area (Å²) in [5.74, 6) is -0.905. The Kier molecular flexibility index (Phi) is 4.50. The molecule has 0 bridgehead atoms. The summed E-state index contributed by atoms with van der Waals surface area (Å²) in [5.41, 5.74) is 1.96. The van der Waals surface area contributed by atoms with Gasteiger partial charge in [0.15, 0.2) is 0 Å². The van der Waals surface area contributed by atoms with Crippen LogP contribution in [0.3, 0.4) is 0 Å². The molecule has 5 heteroatoms. The number of nitrogens with one attached hydrogen (secondary N) is 1. The van der Waals surface area contributed by atoms with Crippen molar-refractivity contribution in [2.24, 2.45) is 5.41 Å². The van der Waals surface area contributed by atoms with E-state index in [-0.39, 0.29) is 0 Å². The Bertz CT molecular complexity index is 438. The van der Waals surface area contributed by atoms with Crippen LogP contribution in [0.15, 0.2) is 24.3 Å². The van der Waals surface area contributed by atoms with Gasteiger partial charge in [-0.2, -0.15) is 5.48 Å². The van der Waals surface area contributed by atoms with Gasteiger partial charge in [-0.3, -0.25) is 4.79 Å². The molecule has 17 heavy (non-hydrogen) atoms. The monoisotopic (exact) mass is 347 g/mol. The number of carbonyl (C=O) groups is 2. The number of carbonyl (C=O) groups excluding carboxylic acids is 2. The third-order valence-corrected chi connectivity index (χ3v) is 2.61. The first-order valence-corrected chi connectivity index (χ1v) is 6.16. The van der Waals surface area contributed by atoms with E-state index in [9.17, 15) is 9.59 Å². The summed E-state index contributed by atoms with van der Waals surface area (Å²) in [7, 11) is 0. The summed E-state index contributed by atoms with van der Waals surface area (Å²) in [6, 6.07) is 7.00. The summed E-state index contributed by atoms with van der Waals surface area (Å²) in [6.45, 7) is 5.15. The van der Waals surface area contributed by atoms with Crippen molar-refractivity contribution in [2.75, 3.05) is 0 Å². The third kappa shape index (κ3) is 4.33. The lowest BCUT2D eigenvalue weighted by Gasteiger charge is -2.15. The van der Waals surface area contributed by atoms with Crippen LogP contribution in [0.1, 0.15) is 31.1 Å². The van der Waals surface area contributed by atoms with Crippen LogP contribution < -0.4 is 5.48 Å². The average molecular weight is 347 g/mol. The van der Waals surface area contributed by atoms with Gasteiger partial charge >= 0.3 is 5.97 Å². The number of hydrogen-bond acceptors (Lipinski definition) is 3. The van der Waals surface area contributed by atoms with Gasteiger partial charge in [0.2, 0.25) is 0 Å². The van der Waals surface area contributed by atoms with E-state index in [1.54, 1.807) is 39.0 Å². The molecule has 1 N–H and O–H groups in total. The highest BCUT2D eigenvalue weighted by Gasteiger charge is 2.24. The molecular weight excluding hydrogens is 333 g/mol.